The van der Waals surface area contributed by atoms with E-state index < -0.39 is 11.7 Å². The molecule has 0 unspecified atom stereocenters. The molecule has 0 atom stereocenters. The molecule has 0 aromatic carbocycles. The summed E-state index contributed by atoms with van der Waals surface area (Å²) in [6.45, 7) is 7.24. The van der Waals surface area contributed by atoms with E-state index in [-0.39, 0.29) is 17.1 Å². The fraction of sp³-hybridized carbons (Fsp3) is 0.688. The van der Waals surface area contributed by atoms with Gasteiger partial charge in [0.15, 0.2) is 5.78 Å². The number of hydrazone groups is 1. The fourth-order valence-corrected chi connectivity index (χ4v) is 2.17. The molecule has 0 aromatic rings. The Bertz CT molecular complexity index is 501. The summed E-state index contributed by atoms with van der Waals surface area (Å²) in [6.07, 6.45) is 2.20. The maximum Gasteiger partial charge on any atom is 0.430 e. The molecule has 6 heteroatoms. The SMILES string of the molecule is CCCC(O)=C1C(=O)CCCC1=NN(C)C(=O)OC(C)(C)C. The first-order chi connectivity index (χ1) is 10.2. The molecule has 6 nitrogen and oxygen atoms in total. The molecule has 1 N–H and O–H groups in total. The Hall–Kier alpha value is -1.85. The van der Waals surface area contributed by atoms with Crippen molar-refractivity contribution in [1.82, 2.24) is 5.01 Å². The van der Waals surface area contributed by atoms with E-state index in [0.717, 1.165) is 11.4 Å². The van der Waals surface area contributed by atoms with Gasteiger partial charge in [0.2, 0.25) is 0 Å². The lowest BCUT2D eigenvalue weighted by Gasteiger charge is -2.24. The highest BCUT2D eigenvalue weighted by Gasteiger charge is 2.27. The van der Waals surface area contributed by atoms with E-state index in [1.807, 2.05) is 6.92 Å². The van der Waals surface area contributed by atoms with E-state index in [1.165, 1.54) is 7.05 Å². The normalized spacial score (nSPS) is 20.0. The molecule has 1 amide bonds. The van der Waals surface area contributed by atoms with Crippen LogP contribution in [-0.4, -0.2) is 40.4 Å². The van der Waals surface area contributed by atoms with Gasteiger partial charge in [0.05, 0.1) is 11.3 Å². The minimum absolute atomic E-state index is 0.0588. The van der Waals surface area contributed by atoms with Crippen molar-refractivity contribution in [3.8, 4) is 0 Å². The second-order valence-corrected chi connectivity index (χ2v) is 6.40. The molecule has 1 saturated carbocycles. The van der Waals surface area contributed by atoms with Gasteiger partial charge in [-0.1, -0.05) is 6.92 Å². The zero-order chi connectivity index (χ0) is 16.9. The fourth-order valence-electron chi connectivity index (χ4n) is 2.17. The van der Waals surface area contributed by atoms with Crippen LogP contribution in [0, 0.1) is 0 Å². The molecule has 1 rings (SSSR count). The Labute approximate surface area is 131 Å². The standard InChI is InChI=1S/C16H26N2O4/c1-6-8-12(19)14-11(9-7-10-13(14)20)17-18(5)15(21)22-16(2,3)4/h19H,6-10H2,1-5H3. The van der Waals surface area contributed by atoms with Crippen LogP contribution in [0.15, 0.2) is 16.4 Å². The molecule has 0 aliphatic heterocycles. The lowest BCUT2D eigenvalue weighted by Crippen LogP contribution is -2.33. The first-order valence-electron chi connectivity index (χ1n) is 7.65. The zero-order valence-corrected chi connectivity index (χ0v) is 14.1. The van der Waals surface area contributed by atoms with E-state index in [9.17, 15) is 14.7 Å². The Morgan fingerprint density at radius 3 is 2.55 bits per heavy atom. The van der Waals surface area contributed by atoms with Crippen LogP contribution in [0.3, 0.4) is 0 Å². The first kappa shape index (κ1) is 18.2. The van der Waals surface area contributed by atoms with Crippen LogP contribution in [0.1, 0.15) is 59.8 Å². The van der Waals surface area contributed by atoms with Crippen molar-refractivity contribution in [2.24, 2.45) is 5.10 Å². The van der Waals surface area contributed by atoms with Gasteiger partial charge in [-0.15, -0.1) is 0 Å². The summed E-state index contributed by atoms with van der Waals surface area (Å²) in [5.41, 5.74) is 0.107. The summed E-state index contributed by atoms with van der Waals surface area (Å²) >= 11 is 0. The summed E-state index contributed by atoms with van der Waals surface area (Å²) in [6, 6.07) is 0. The zero-order valence-electron chi connectivity index (χ0n) is 14.1. The van der Waals surface area contributed by atoms with Crippen LogP contribution >= 0.6 is 0 Å². The monoisotopic (exact) mass is 310 g/mol. The average Bonchev–Trinajstić information content (AvgIpc) is 2.36. The largest absolute Gasteiger partial charge is 0.511 e. The van der Waals surface area contributed by atoms with Crippen molar-refractivity contribution >= 4 is 17.6 Å². The van der Waals surface area contributed by atoms with Crippen LogP contribution in [0.4, 0.5) is 4.79 Å². The van der Waals surface area contributed by atoms with Crippen LogP contribution < -0.4 is 0 Å². The quantitative estimate of drug-likeness (QED) is 0.491. The first-order valence-corrected chi connectivity index (χ1v) is 7.65. The Kier molecular flexibility index (Phi) is 6.14. The smallest absolute Gasteiger partial charge is 0.430 e. The molecule has 1 fully saturated rings. The number of nitrogens with zero attached hydrogens (tertiary/aromatic N) is 2. The summed E-state index contributed by atoms with van der Waals surface area (Å²) in [5.74, 6) is -0.0583. The van der Waals surface area contributed by atoms with E-state index in [2.05, 4.69) is 5.10 Å². The van der Waals surface area contributed by atoms with Gasteiger partial charge >= 0.3 is 6.09 Å². The minimum atomic E-state index is -0.614. The molecule has 0 saturated heterocycles. The van der Waals surface area contributed by atoms with E-state index in [0.29, 0.717) is 31.4 Å². The molecule has 0 spiro atoms. The highest BCUT2D eigenvalue weighted by molar-refractivity contribution is 6.24. The Morgan fingerprint density at radius 1 is 1.36 bits per heavy atom. The van der Waals surface area contributed by atoms with Crippen molar-refractivity contribution in [3.63, 3.8) is 0 Å². The number of hydrogen-bond acceptors (Lipinski definition) is 5. The molecule has 0 aromatic heterocycles. The van der Waals surface area contributed by atoms with E-state index in [4.69, 9.17) is 4.74 Å². The summed E-state index contributed by atoms with van der Waals surface area (Å²) in [5, 5.41) is 15.4. The predicted octanol–water partition coefficient (Wildman–Crippen LogP) is 3.57. The topological polar surface area (TPSA) is 79.2 Å². The van der Waals surface area contributed by atoms with Gasteiger partial charge in [-0.3, -0.25) is 4.79 Å². The number of ketones is 1. The third-order valence-electron chi connectivity index (χ3n) is 3.09. The van der Waals surface area contributed by atoms with Crippen molar-refractivity contribution < 1.29 is 19.4 Å². The molecule has 0 radical (unpaired) electrons. The van der Waals surface area contributed by atoms with Gasteiger partial charge < -0.3 is 9.84 Å². The number of amides is 1. The third kappa shape index (κ3) is 5.16. The molecule has 124 valence electrons. The minimum Gasteiger partial charge on any atom is -0.511 e. The average molecular weight is 310 g/mol. The van der Waals surface area contributed by atoms with Crippen LogP contribution in [0.2, 0.25) is 0 Å². The maximum absolute atomic E-state index is 12.1. The highest BCUT2D eigenvalue weighted by Crippen LogP contribution is 2.23. The maximum atomic E-state index is 12.1. The third-order valence-corrected chi connectivity index (χ3v) is 3.09. The van der Waals surface area contributed by atoms with Gasteiger partial charge in [0.25, 0.3) is 0 Å². The molecular formula is C16H26N2O4. The van der Waals surface area contributed by atoms with Crippen molar-refractivity contribution in [3.05, 3.63) is 11.3 Å². The second-order valence-electron chi connectivity index (χ2n) is 6.40. The number of carbonyl (C=O) groups excluding carboxylic acids is 2. The van der Waals surface area contributed by atoms with Crippen molar-refractivity contribution in [2.75, 3.05) is 7.05 Å². The molecule has 0 bridgehead atoms. The lowest BCUT2D eigenvalue weighted by atomic mass is 9.90. The molecular weight excluding hydrogens is 284 g/mol. The summed E-state index contributed by atoms with van der Waals surface area (Å²) in [7, 11) is 1.48. The number of aliphatic hydroxyl groups is 1. The van der Waals surface area contributed by atoms with Gasteiger partial charge in [0, 0.05) is 19.9 Å². The highest BCUT2D eigenvalue weighted by atomic mass is 16.6. The van der Waals surface area contributed by atoms with Gasteiger partial charge in [-0.2, -0.15) is 5.10 Å². The van der Waals surface area contributed by atoms with Gasteiger partial charge in [0.1, 0.15) is 11.4 Å². The summed E-state index contributed by atoms with van der Waals surface area (Å²) in [4.78, 5) is 24.0. The number of carbonyl (C=O) groups is 2. The number of Topliss-reactive ketones (excluding diaryl/α,β-unsaturated/α-hetero) is 1. The van der Waals surface area contributed by atoms with Gasteiger partial charge in [-0.25, -0.2) is 9.80 Å². The Balaban J connectivity index is 3.02. The Morgan fingerprint density at radius 2 is 2.00 bits per heavy atom. The van der Waals surface area contributed by atoms with E-state index >= 15 is 0 Å². The van der Waals surface area contributed by atoms with Crippen LogP contribution in [0.25, 0.3) is 0 Å². The lowest BCUT2D eigenvalue weighted by molar-refractivity contribution is -0.115. The van der Waals surface area contributed by atoms with Gasteiger partial charge in [-0.05, 0) is 40.0 Å². The second kappa shape index (κ2) is 7.42. The summed E-state index contributed by atoms with van der Waals surface area (Å²) < 4.78 is 5.23. The molecule has 1 aliphatic rings. The van der Waals surface area contributed by atoms with Crippen molar-refractivity contribution in [2.45, 2.75) is 65.4 Å². The van der Waals surface area contributed by atoms with E-state index in [1.54, 1.807) is 20.8 Å². The number of allylic oxidation sites excluding steroid dienone is 2. The van der Waals surface area contributed by atoms with Crippen LogP contribution in [-0.2, 0) is 9.53 Å². The van der Waals surface area contributed by atoms with Crippen LogP contribution in [0.5, 0.6) is 0 Å². The number of aliphatic hydroxyl groups excluding tert-OH is 1. The van der Waals surface area contributed by atoms with Crippen molar-refractivity contribution in [1.29, 1.82) is 0 Å². The molecule has 1 aliphatic carbocycles. The number of hydrogen-bond donors (Lipinski definition) is 1. The molecule has 22 heavy (non-hydrogen) atoms. The number of ether oxygens (including phenoxy) is 1. The number of rotatable bonds is 3. The molecule has 0 heterocycles. The predicted molar refractivity (Wildman–Crippen MR) is 84.9 cm³/mol.